The fourth-order valence-electron chi connectivity index (χ4n) is 1.03. The van der Waals surface area contributed by atoms with Crippen LogP contribution in [0.5, 0.6) is 0 Å². The SMILES string of the molecule is O=C1CN(CCS(=O)(=O)O)CCO1. The van der Waals surface area contributed by atoms with E-state index in [1.165, 1.54) is 0 Å². The summed E-state index contributed by atoms with van der Waals surface area (Å²) in [6.45, 7) is 1.05. The summed E-state index contributed by atoms with van der Waals surface area (Å²) in [6.07, 6.45) is 0. The maximum Gasteiger partial charge on any atom is 0.320 e. The molecule has 0 aliphatic carbocycles. The van der Waals surface area contributed by atoms with Crippen LogP contribution >= 0.6 is 0 Å². The van der Waals surface area contributed by atoms with E-state index in [1.54, 1.807) is 4.90 Å². The number of carbonyl (C=O) groups is 1. The Hall–Kier alpha value is -0.660. The number of rotatable bonds is 3. The van der Waals surface area contributed by atoms with Crippen molar-refractivity contribution in [2.24, 2.45) is 0 Å². The molecule has 1 heterocycles. The first-order valence-corrected chi connectivity index (χ1v) is 5.41. The van der Waals surface area contributed by atoms with Crippen LogP contribution in [-0.2, 0) is 19.6 Å². The van der Waals surface area contributed by atoms with Gasteiger partial charge in [0.25, 0.3) is 10.1 Å². The first-order chi connectivity index (χ1) is 5.97. The number of carbonyl (C=O) groups excluding carboxylic acids is 1. The molecule has 0 saturated carbocycles. The minimum atomic E-state index is -3.93. The van der Waals surface area contributed by atoms with Crippen LogP contribution in [-0.4, -0.2) is 55.8 Å². The molecule has 1 N–H and O–H groups in total. The van der Waals surface area contributed by atoms with Gasteiger partial charge in [0, 0.05) is 13.1 Å². The number of nitrogens with zero attached hydrogens (tertiary/aromatic N) is 1. The van der Waals surface area contributed by atoms with Crippen LogP contribution in [0.4, 0.5) is 0 Å². The standard InChI is InChI=1S/C6H11NO5S/c8-6-5-7(1-3-12-6)2-4-13(9,10)11/h1-5H2,(H,9,10,11). The van der Waals surface area contributed by atoms with Crippen LogP contribution in [0.1, 0.15) is 0 Å². The van der Waals surface area contributed by atoms with Crippen molar-refractivity contribution in [3.63, 3.8) is 0 Å². The number of cyclic esters (lactones) is 1. The predicted octanol–water partition coefficient (Wildman–Crippen LogP) is -1.27. The number of morpholine rings is 1. The third-order valence-electron chi connectivity index (χ3n) is 1.69. The van der Waals surface area contributed by atoms with Crippen molar-refractivity contribution in [2.45, 2.75) is 0 Å². The lowest BCUT2D eigenvalue weighted by atomic mass is 10.4. The number of esters is 1. The minimum absolute atomic E-state index is 0.0928. The molecule has 13 heavy (non-hydrogen) atoms. The quantitative estimate of drug-likeness (QED) is 0.461. The smallest absolute Gasteiger partial charge is 0.320 e. The van der Waals surface area contributed by atoms with Crippen molar-refractivity contribution >= 4 is 16.1 Å². The zero-order chi connectivity index (χ0) is 9.90. The molecule has 1 saturated heterocycles. The predicted molar refractivity (Wildman–Crippen MR) is 43.8 cm³/mol. The van der Waals surface area contributed by atoms with Gasteiger partial charge in [-0.05, 0) is 0 Å². The van der Waals surface area contributed by atoms with Gasteiger partial charge < -0.3 is 4.74 Å². The molecule has 0 spiro atoms. The topological polar surface area (TPSA) is 83.9 Å². The average molecular weight is 209 g/mol. The third-order valence-corrected chi connectivity index (χ3v) is 2.39. The van der Waals surface area contributed by atoms with E-state index in [4.69, 9.17) is 4.55 Å². The van der Waals surface area contributed by atoms with Crippen LogP contribution in [0, 0.1) is 0 Å². The molecule has 0 aromatic rings. The van der Waals surface area contributed by atoms with Crippen molar-refractivity contribution in [1.29, 1.82) is 0 Å². The number of hydrogen-bond acceptors (Lipinski definition) is 5. The summed E-state index contributed by atoms with van der Waals surface area (Å²) >= 11 is 0. The van der Waals surface area contributed by atoms with Gasteiger partial charge in [-0.1, -0.05) is 0 Å². The van der Waals surface area contributed by atoms with Crippen LogP contribution in [0.3, 0.4) is 0 Å². The molecule has 0 unspecified atom stereocenters. The van der Waals surface area contributed by atoms with Gasteiger partial charge in [0.15, 0.2) is 0 Å². The number of hydrogen-bond donors (Lipinski definition) is 1. The zero-order valence-corrected chi connectivity index (χ0v) is 7.79. The average Bonchev–Trinajstić information content (AvgIpc) is 2.00. The Morgan fingerprint density at radius 1 is 1.54 bits per heavy atom. The molecule has 1 aliphatic heterocycles. The molecule has 76 valence electrons. The molecule has 1 rings (SSSR count). The van der Waals surface area contributed by atoms with E-state index in [-0.39, 0.29) is 31.4 Å². The largest absolute Gasteiger partial charge is 0.463 e. The lowest BCUT2D eigenvalue weighted by Crippen LogP contribution is -2.41. The Kier molecular flexibility index (Phi) is 3.23. The molecule has 1 fully saturated rings. The van der Waals surface area contributed by atoms with Crippen molar-refractivity contribution in [3.05, 3.63) is 0 Å². The van der Waals surface area contributed by atoms with Crippen molar-refractivity contribution < 1.29 is 22.5 Å². The van der Waals surface area contributed by atoms with Gasteiger partial charge in [-0.25, -0.2) is 0 Å². The molecular formula is C6H11NO5S. The molecule has 0 radical (unpaired) electrons. The van der Waals surface area contributed by atoms with Crippen LogP contribution in [0.25, 0.3) is 0 Å². The fraction of sp³-hybridized carbons (Fsp3) is 0.833. The molecule has 0 amide bonds. The van der Waals surface area contributed by atoms with Gasteiger partial charge in [-0.15, -0.1) is 0 Å². The highest BCUT2D eigenvalue weighted by Gasteiger charge is 2.19. The Labute approximate surface area is 76.2 Å². The molecule has 0 aromatic carbocycles. The van der Waals surface area contributed by atoms with Crippen LogP contribution < -0.4 is 0 Å². The summed E-state index contributed by atoms with van der Waals surface area (Å²) in [5.41, 5.74) is 0. The maximum absolute atomic E-state index is 10.7. The van der Waals surface area contributed by atoms with Gasteiger partial charge in [0.1, 0.15) is 6.61 Å². The Bertz CT molecular complexity index is 285. The lowest BCUT2D eigenvalue weighted by molar-refractivity contribution is -0.150. The van der Waals surface area contributed by atoms with Gasteiger partial charge >= 0.3 is 5.97 Å². The van der Waals surface area contributed by atoms with E-state index in [0.29, 0.717) is 6.54 Å². The van der Waals surface area contributed by atoms with E-state index in [9.17, 15) is 13.2 Å². The van der Waals surface area contributed by atoms with Gasteiger partial charge in [-0.3, -0.25) is 14.2 Å². The number of ether oxygens (including phenoxy) is 1. The van der Waals surface area contributed by atoms with Crippen molar-refractivity contribution in [3.8, 4) is 0 Å². The van der Waals surface area contributed by atoms with E-state index in [0.717, 1.165) is 0 Å². The van der Waals surface area contributed by atoms with Crippen LogP contribution in [0.2, 0.25) is 0 Å². The van der Waals surface area contributed by atoms with Crippen molar-refractivity contribution in [1.82, 2.24) is 4.90 Å². The Morgan fingerprint density at radius 3 is 2.77 bits per heavy atom. The third kappa shape index (κ3) is 4.20. The molecule has 1 aliphatic rings. The summed E-state index contributed by atoms with van der Waals surface area (Å²) < 4.78 is 33.8. The van der Waals surface area contributed by atoms with E-state index in [1.807, 2.05) is 0 Å². The molecule has 0 atom stereocenters. The second kappa shape index (κ2) is 4.03. The van der Waals surface area contributed by atoms with Gasteiger partial charge in [0.2, 0.25) is 0 Å². The van der Waals surface area contributed by atoms with E-state index >= 15 is 0 Å². The molecular weight excluding hydrogens is 198 g/mol. The highest BCUT2D eigenvalue weighted by Crippen LogP contribution is 1.98. The molecule has 6 nitrogen and oxygen atoms in total. The molecule has 0 aromatic heterocycles. The van der Waals surface area contributed by atoms with Crippen molar-refractivity contribution in [2.75, 3.05) is 32.0 Å². The Morgan fingerprint density at radius 2 is 2.23 bits per heavy atom. The summed E-state index contributed by atoms with van der Waals surface area (Å²) in [5.74, 6) is -0.707. The summed E-state index contributed by atoms with van der Waals surface area (Å²) in [7, 11) is -3.93. The zero-order valence-electron chi connectivity index (χ0n) is 6.97. The normalized spacial score (nSPS) is 19.9. The summed E-state index contributed by atoms with van der Waals surface area (Å²) in [4.78, 5) is 12.3. The highest BCUT2D eigenvalue weighted by atomic mass is 32.2. The molecule has 7 heteroatoms. The fourth-order valence-corrected chi connectivity index (χ4v) is 1.52. The second-order valence-electron chi connectivity index (χ2n) is 2.78. The van der Waals surface area contributed by atoms with E-state index in [2.05, 4.69) is 4.74 Å². The lowest BCUT2D eigenvalue weighted by Gasteiger charge is -2.24. The summed E-state index contributed by atoms with van der Waals surface area (Å²) in [5, 5.41) is 0. The first kappa shape index (κ1) is 10.4. The summed E-state index contributed by atoms with van der Waals surface area (Å²) in [6, 6.07) is 0. The molecule has 0 bridgehead atoms. The second-order valence-corrected chi connectivity index (χ2v) is 4.35. The first-order valence-electron chi connectivity index (χ1n) is 3.80. The van der Waals surface area contributed by atoms with E-state index < -0.39 is 10.1 Å². The maximum atomic E-state index is 10.7. The minimum Gasteiger partial charge on any atom is -0.463 e. The van der Waals surface area contributed by atoms with Crippen LogP contribution in [0.15, 0.2) is 0 Å². The van der Waals surface area contributed by atoms with Gasteiger partial charge in [0.05, 0.1) is 12.3 Å². The van der Waals surface area contributed by atoms with Gasteiger partial charge in [-0.2, -0.15) is 8.42 Å². The highest BCUT2D eigenvalue weighted by molar-refractivity contribution is 7.85. The Balaban J connectivity index is 2.33. The monoisotopic (exact) mass is 209 g/mol.